The van der Waals surface area contributed by atoms with Crippen molar-refractivity contribution in [3.05, 3.63) is 48.0 Å². The fourth-order valence-electron chi connectivity index (χ4n) is 2.39. The molecule has 0 N–H and O–H groups in total. The van der Waals surface area contributed by atoms with Gasteiger partial charge in [0, 0.05) is 18.7 Å². The van der Waals surface area contributed by atoms with Crippen LogP contribution in [0.15, 0.2) is 42.5 Å². The lowest BCUT2D eigenvalue weighted by Gasteiger charge is -2.30. The van der Waals surface area contributed by atoms with E-state index in [2.05, 4.69) is 19.1 Å². The molecule has 0 unspecified atom stereocenters. The van der Waals surface area contributed by atoms with Gasteiger partial charge in [-0.3, -0.25) is 4.79 Å². The van der Waals surface area contributed by atoms with Crippen LogP contribution in [0.1, 0.15) is 36.5 Å². The van der Waals surface area contributed by atoms with Gasteiger partial charge in [0.05, 0.1) is 0 Å². The molecule has 2 nitrogen and oxygen atoms in total. The predicted octanol–water partition coefficient (Wildman–Crippen LogP) is 3.51. The molecule has 1 saturated heterocycles. The normalized spacial score (nSPS) is 17.3. The molecule has 18 heavy (non-hydrogen) atoms. The Morgan fingerprint density at radius 2 is 1.94 bits per heavy atom. The minimum Gasteiger partial charge on any atom is -0.339 e. The van der Waals surface area contributed by atoms with Gasteiger partial charge in [-0.1, -0.05) is 37.3 Å². The van der Waals surface area contributed by atoms with E-state index in [9.17, 15) is 4.79 Å². The number of rotatable bonds is 3. The molecule has 0 radical (unpaired) electrons. The topological polar surface area (TPSA) is 20.3 Å². The smallest absolute Gasteiger partial charge is 0.253 e. The van der Waals surface area contributed by atoms with E-state index in [0.717, 1.165) is 37.9 Å². The zero-order valence-electron chi connectivity index (χ0n) is 11.0. The maximum Gasteiger partial charge on any atom is 0.253 e. The van der Waals surface area contributed by atoms with Gasteiger partial charge in [0.2, 0.25) is 0 Å². The second-order valence-electron chi connectivity index (χ2n) is 4.83. The second kappa shape index (κ2) is 6.39. The number of piperidine rings is 1. The number of hydrogen-bond donors (Lipinski definition) is 0. The zero-order valence-corrected chi connectivity index (χ0v) is 11.0. The first-order chi connectivity index (χ1) is 8.81. The van der Waals surface area contributed by atoms with E-state index in [1.54, 1.807) is 0 Å². The number of amides is 1. The Bertz CT molecular complexity index is 402. The van der Waals surface area contributed by atoms with E-state index < -0.39 is 0 Å². The Balaban J connectivity index is 1.90. The zero-order chi connectivity index (χ0) is 12.8. The number of hydrogen-bond acceptors (Lipinski definition) is 1. The van der Waals surface area contributed by atoms with Crippen molar-refractivity contribution < 1.29 is 4.79 Å². The Morgan fingerprint density at radius 3 is 2.56 bits per heavy atom. The largest absolute Gasteiger partial charge is 0.339 e. The lowest BCUT2D eigenvalue weighted by atomic mass is 9.95. The van der Waals surface area contributed by atoms with Crippen LogP contribution in [0.4, 0.5) is 0 Å². The van der Waals surface area contributed by atoms with Crippen molar-refractivity contribution in [2.75, 3.05) is 13.1 Å². The molecule has 1 amide bonds. The molecule has 0 aromatic heterocycles. The van der Waals surface area contributed by atoms with E-state index in [1.165, 1.54) is 0 Å². The van der Waals surface area contributed by atoms with E-state index in [0.29, 0.717) is 5.92 Å². The molecule has 0 aliphatic carbocycles. The van der Waals surface area contributed by atoms with E-state index in [-0.39, 0.29) is 5.91 Å². The van der Waals surface area contributed by atoms with Gasteiger partial charge < -0.3 is 4.90 Å². The second-order valence-corrected chi connectivity index (χ2v) is 4.83. The van der Waals surface area contributed by atoms with Crippen molar-refractivity contribution in [2.24, 2.45) is 5.92 Å². The first-order valence-electron chi connectivity index (χ1n) is 6.82. The summed E-state index contributed by atoms with van der Waals surface area (Å²) in [7, 11) is 0. The molecule has 0 atom stereocenters. The van der Waals surface area contributed by atoms with Crippen molar-refractivity contribution >= 4 is 5.91 Å². The summed E-state index contributed by atoms with van der Waals surface area (Å²) in [5.74, 6) is 0.832. The molecule has 0 spiro atoms. The van der Waals surface area contributed by atoms with E-state index in [1.807, 2.05) is 35.2 Å². The van der Waals surface area contributed by atoms with Gasteiger partial charge in [-0.25, -0.2) is 0 Å². The fraction of sp³-hybridized carbons (Fsp3) is 0.438. The summed E-state index contributed by atoms with van der Waals surface area (Å²) >= 11 is 0. The standard InChI is InChI=1S/C16H21NO/c1-2-3-7-14-10-12-17(13-11-14)16(18)15-8-5-4-6-9-15/h3-9,14H,2,10-13H2,1H3/b7-3-. The van der Waals surface area contributed by atoms with Gasteiger partial charge in [-0.2, -0.15) is 0 Å². The molecule has 1 aliphatic heterocycles. The lowest BCUT2D eigenvalue weighted by Crippen LogP contribution is -2.38. The summed E-state index contributed by atoms with van der Waals surface area (Å²) in [5.41, 5.74) is 0.806. The SMILES string of the molecule is CC/C=C\C1CCN(C(=O)c2ccccc2)CC1. The lowest BCUT2D eigenvalue weighted by molar-refractivity contribution is 0.0705. The first kappa shape index (κ1) is 12.9. The minimum absolute atomic E-state index is 0.175. The maximum absolute atomic E-state index is 12.2. The quantitative estimate of drug-likeness (QED) is 0.744. The third-order valence-corrected chi connectivity index (χ3v) is 3.49. The van der Waals surface area contributed by atoms with Crippen LogP contribution in [0.5, 0.6) is 0 Å². The number of likely N-dealkylation sites (tertiary alicyclic amines) is 1. The van der Waals surface area contributed by atoms with Crippen molar-refractivity contribution in [1.29, 1.82) is 0 Å². The van der Waals surface area contributed by atoms with Crippen LogP contribution in [-0.2, 0) is 0 Å². The average molecular weight is 243 g/mol. The molecule has 0 bridgehead atoms. The molecule has 1 fully saturated rings. The van der Waals surface area contributed by atoms with Crippen LogP contribution in [-0.4, -0.2) is 23.9 Å². The number of benzene rings is 1. The summed E-state index contributed by atoms with van der Waals surface area (Å²) in [6.45, 7) is 3.92. The van der Waals surface area contributed by atoms with E-state index in [4.69, 9.17) is 0 Å². The Labute approximate surface area is 109 Å². The van der Waals surface area contributed by atoms with Crippen LogP contribution in [0.2, 0.25) is 0 Å². The molecule has 1 aliphatic rings. The van der Waals surface area contributed by atoms with Crippen molar-refractivity contribution in [3.8, 4) is 0 Å². The highest BCUT2D eigenvalue weighted by Gasteiger charge is 2.21. The minimum atomic E-state index is 0.175. The summed E-state index contributed by atoms with van der Waals surface area (Å²) in [6.07, 6.45) is 7.83. The van der Waals surface area contributed by atoms with Crippen LogP contribution >= 0.6 is 0 Å². The molecule has 96 valence electrons. The first-order valence-corrected chi connectivity index (χ1v) is 6.82. The van der Waals surface area contributed by atoms with Gasteiger partial charge >= 0.3 is 0 Å². The number of allylic oxidation sites excluding steroid dienone is 2. The molecule has 2 rings (SSSR count). The van der Waals surface area contributed by atoms with Gasteiger partial charge in [0.25, 0.3) is 5.91 Å². The molecular formula is C16H21NO. The van der Waals surface area contributed by atoms with Crippen LogP contribution in [0.3, 0.4) is 0 Å². The molecule has 1 aromatic carbocycles. The molecule has 1 heterocycles. The maximum atomic E-state index is 12.2. The van der Waals surface area contributed by atoms with Crippen molar-refractivity contribution in [3.63, 3.8) is 0 Å². The highest BCUT2D eigenvalue weighted by Crippen LogP contribution is 2.20. The summed E-state index contributed by atoms with van der Waals surface area (Å²) < 4.78 is 0. The fourth-order valence-corrected chi connectivity index (χ4v) is 2.39. The summed E-state index contributed by atoms with van der Waals surface area (Å²) in [4.78, 5) is 14.2. The number of carbonyl (C=O) groups excluding carboxylic acids is 1. The number of nitrogens with zero attached hydrogens (tertiary/aromatic N) is 1. The average Bonchev–Trinajstić information content (AvgIpc) is 2.46. The van der Waals surface area contributed by atoms with Crippen LogP contribution in [0.25, 0.3) is 0 Å². The molecule has 1 aromatic rings. The Hall–Kier alpha value is -1.57. The van der Waals surface area contributed by atoms with Crippen LogP contribution < -0.4 is 0 Å². The predicted molar refractivity (Wildman–Crippen MR) is 74.5 cm³/mol. The Kier molecular flexibility index (Phi) is 4.57. The monoisotopic (exact) mass is 243 g/mol. The molecule has 2 heteroatoms. The van der Waals surface area contributed by atoms with Gasteiger partial charge in [-0.15, -0.1) is 0 Å². The van der Waals surface area contributed by atoms with Crippen molar-refractivity contribution in [1.82, 2.24) is 4.90 Å². The summed E-state index contributed by atoms with van der Waals surface area (Å²) in [5, 5.41) is 0. The summed E-state index contributed by atoms with van der Waals surface area (Å²) in [6, 6.07) is 9.57. The highest BCUT2D eigenvalue weighted by atomic mass is 16.2. The Morgan fingerprint density at radius 1 is 1.28 bits per heavy atom. The van der Waals surface area contributed by atoms with E-state index >= 15 is 0 Å². The third-order valence-electron chi connectivity index (χ3n) is 3.49. The highest BCUT2D eigenvalue weighted by molar-refractivity contribution is 5.94. The van der Waals surface area contributed by atoms with Gasteiger partial charge in [0.15, 0.2) is 0 Å². The molecular weight excluding hydrogens is 222 g/mol. The van der Waals surface area contributed by atoms with Gasteiger partial charge in [0.1, 0.15) is 0 Å². The van der Waals surface area contributed by atoms with Gasteiger partial charge in [-0.05, 0) is 37.3 Å². The molecule has 0 saturated carbocycles. The van der Waals surface area contributed by atoms with Crippen LogP contribution in [0, 0.1) is 5.92 Å². The van der Waals surface area contributed by atoms with Crippen molar-refractivity contribution in [2.45, 2.75) is 26.2 Å². The number of carbonyl (C=O) groups is 1. The third kappa shape index (κ3) is 3.22.